The maximum atomic E-state index is 12.1. The van der Waals surface area contributed by atoms with Gasteiger partial charge in [-0.3, -0.25) is 4.79 Å². The van der Waals surface area contributed by atoms with Gasteiger partial charge in [0.1, 0.15) is 22.6 Å². The smallest absolute Gasteiger partial charge is 0.277 e. The summed E-state index contributed by atoms with van der Waals surface area (Å²) in [5.74, 6) is 0.499. The van der Waals surface area contributed by atoms with Gasteiger partial charge in [-0.15, -0.1) is 0 Å². The van der Waals surface area contributed by atoms with Gasteiger partial charge in [0.25, 0.3) is 5.56 Å². The highest BCUT2D eigenvalue weighted by Crippen LogP contribution is 2.36. The zero-order valence-corrected chi connectivity index (χ0v) is 11.5. The van der Waals surface area contributed by atoms with E-state index >= 15 is 0 Å². The Bertz CT molecular complexity index is 970. The molecule has 0 spiro atoms. The molecule has 0 saturated carbocycles. The third-order valence-electron chi connectivity index (χ3n) is 3.42. The molecule has 21 heavy (non-hydrogen) atoms. The summed E-state index contributed by atoms with van der Waals surface area (Å²) in [5.41, 5.74) is 2.28. The number of hydrogen-bond donors (Lipinski definition) is 1. The molecule has 2 aromatic carbocycles. The van der Waals surface area contributed by atoms with Crippen LogP contribution in [0.4, 0.5) is 0 Å². The fraction of sp³-hybridized carbons (Fsp3) is 0. The zero-order chi connectivity index (χ0) is 14.4. The number of halogens is 1. The highest BCUT2D eigenvalue weighted by Gasteiger charge is 2.22. The van der Waals surface area contributed by atoms with Gasteiger partial charge >= 0.3 is 0 Å². The van der Waals surface area contributed by atoms with Gasteiger partial charge in [0.15, 0.2) is 0 Å². The summed E-state index contributed by atoms with van der Waals surface area (Å²) in [6.45, 7) is 0. The van der Waals surface area contributed by atoms with Gasteiger partial charge in [0.2, 0.25) is 0 Å². The van der Waals surface area contributed by atoms with Crippen LogP contribution in [0.2, 0.25) is 5.02 Å². The van der Waals surface area contributed by atoms with Crippen molar-refractivity contribution in [2.75, 3.05) is 0 Å². The number of hydrogen-bond acceptors (Lipinski definition) is 3. The van der Waals surface area contributed by atoms with E-state index in [2.05, 4.69) is 10.2 Å². The van der Waals surface area contributed by atoms with Crippen LogP contribution >= 0.6 is 11.6 Å². The lowest BCUT2D eigenvalue weighted by Gasteiger charge is -2.08. The summed E-state index contributed by atoms with van der Waals surface area (Å²) < 4.78 is 5.94. The number of nitrogens with one attached hydrogen (secondary N) is 1. The fourth-order valence-electron chi connectivity index (χ4n) is 2.45. The van der Waals surface area contributed by atoms with Gasteiger partial charge in [-0.05, 0) is 36.4 Å². The topological polar surface area (TPSA) is 58.9 Å². The molecule has 0 amide bonds. The first kappa shape index (κ1) is 12.2. The number of aromatic amines is 1. The van der Waals surface area contributed by atoms with Gasteiger partial charge in [-0.1, -0.05) is 23.7 Å². The first-order chi connectivity index (χ1) is 10.2. The van der Waals surface area contributed by atoms with Crippen molar-refractivity contribution in [3.8, 4) is 22.6 Å². The Kier molecular flexibility index (Phi) is 2.59. The van der Waals surface area contributed by atoms with Crippen molar-refractivity contribution in [2.45, 2.75) is 0 Å². The van der Waals surface area contributed by atoms with Crippen molar-refractivity contribution in [3.05, 3.63) is 63.9 Å². The average molecular weight is 297 g/mol. The third kappa shape index (κ3) is 1.84. The lowest BCUT2D eigenvalue weighted by molar-refractivity contribution is 0.621. The Balaban J connectivity index is 2.13. The summed E-state index contributed by atoms with van der Waals surface area (Å²) >= 11 is 5.91. The van der Waals surface area contributed by atoms with Crippen LogP contribution in [0, 0.1) is 0 Å². The van der Waals surface area contributed by atoms with Crippen molar-refractivity contribution in [3.63, 3.8) is 0 Å². The summed E-state index contributed by atoms with van der Waals surface area (Å²) in [6.07, 6.45) is 0. The van der Waals surface area contributed by atoms with E-state index in [1.165, 1.54) is 0 Å². The zero-order valence-electron chi connectivity index (χ0n) is 10.8. The van der Waals surface area contributed by atoms with E-state index in [-0.39, 0.29) is 5.56 Å². The van der Waals surface area contributed by atoms with Crippen LogP contribution in [0.15, 0.2) is 57.7 Å². The molecule has 4 nitrogen and oxygen atoms in total. The summed E-state index contributed by atoms with van der Waals surface area (Å²) in [4.78, 5) is 12.1. The molecule has 2 aromatic rings. The number of H-pyrrole nitrogens is 1. The number of benzene rings is 2. The molecule has 2 aliphatic rings. The maximum absolute atomic E-state index is 12.1. The van der Waals surface area contributed by atoms with Crippen LogP contribution < -0.4 is 5.56 Å². The first-order valence-electron chi connectivity index (χ1n) is 6.40. The molecule has 2 heterocycles. The molecule has 4 rings (SSSR count). The van der Waals surface area contributed by atoms with E-state index in [9.17, 15) is 4.79 Å². The van der Waals surface area contributed by atoms with Gasteiger partial charge < -0.3 is 4.42 Å². The van der Waals surface area contributed by atoms with Crippen molar-refractivity contribution < 1.29 is 4.42 Å². The molecule has 5 heteroatoms. The largest absolute Gasteiger partial charge is 0.455 e. The highest BCUT2D eigenvalue weighted by molar-refractivity contribution is 6.30. The van der Waals surface area contributed by atoms with Gasteiger partial charge in [-0.2, -0.15) is 5.10 Å². The van der Waals surface area contributed by atoms with Crippen LogP contribution in [0.1, 0.15) is 0 Å². The first-order valence-corrected chi connectivity index (χ1v) is 6.78. The second-order valence-corrected chi connectivity index (χ2v) is 5.15. The quantitative estimate of drug-likeness (QED) is 0.579. The monoisotopic (exact) mass is 296 g/mol. The van der Waals surface area contributed by atoms with E-state index < -0.39 is 0 Å². The predicted octanol–water partition coefficient (Wildman–Crippen LogP) is 3.94. The van der Waals surface area contributed by atoms with Crippen molar-refractivity contribution in [2.24, 2.45) is 0 Å². The SMILES string of the molecule is O=c1[nH]nc2c3ccccc3oc(-c3ccc(Cl)cc3)c1-2. The molecular weight excluding hydrogens is 288 g/mol. The maximum Gasteiger partial charge on any atom is 0.277 e. The van der Waals surface area contributed by atoms with Crippen LogP contribution in [0.3, 0.4) is 0 Å². The molecule has 0 fully saturated rings. The van der Waals surface area contributed by atoms with Crippen molar-refractivity contribution in [1.82, 2.24) is 10.2 Å². The lowest BCUT2D eigenvalue weighted by Crippen LogP contribution is -2.02. The third-order valence-corrected chi connectivity index (χ3v) is 3.67. The minimum atomic E-state index is -0.260. The summed E-state index contributed by atoms with van der Waals surface area (Å²) in [5, 5.41) is 8.06. The Morgan fingerprint density at radius 1 is 1.05 bits per heavy atom. The molecule has 1 N–H and O–H groups in total. The molecule has 102 valence electrons. The van der Waals surface area contributed by atoms with Crippen LogP contribution in [0.25, 0.3) is 33.6 Å². The second-order valence-electron chi connectivity index (χ2n) is 4.71. The van der Waals surface area contributed by atoms with E-state index in [1.807, 2.05) is 36.4 Å². The van der Waals surface area contributed by atoms with E-state index in [0.29, 0.717) is 27.6 Å². The molecule has 0 aromatic heterocycles. The second kappa shape index (κ2) is 4.46. The number of fused-ring (bicyclic) bond motifs is 3. The van der Waals surface area contributed by atoms with Crippen molar-refractivity contribution in [1.29, 1.82) is 0 Å². The predicted molar refractivity (Wildman–Crippen MR) is 81.7 cm³/mol. The Labute approximate surface area is 124 Å². The van der Waals surface area contributed by atoms with E-state index in [4.69, 9.17) is 16.0 Å². The number of rotatable bonds is 1. The van der Waals surface area contributed by atoms with Gasteiger partial charge in [0, 0.05) is 16.0 Å². The summed E-state index contributed by atoms with van der Waals surface area (Å²) in [6, 6.07) is 14.7. The van der Waals surface area contributed by atoms with Crippen LogP contribution in [-0.2, 0) is 0 Å². The Morgan fingerprint density at radius 3 is 2.62 bits per heavy atom. The summed E-state index contributed by atoms with van der Waals surface area (Å²) in [7, 11) is 0. The molecule has 0 bridgehead atoms. The van der Waals surface area contributed by atoms with Crippen LogP contribution in [0.5, 0.6) is 0 Å². The fourth-order valence-corrected chi connectivity index (χ4v) is 2.57. The van der Waals surface area contributed by atoms with E-state index in [1.54, 1.807) is 12.1 Å². The standard InChI is InChI=1S/C16H9ClN2O2/c17-10-7-5-9(6-8-10)15-13-14(18-19-16(13)20)11-3-1-2-4-12(11)21-15/h1-8H,(H,19,20). The van der Waals surface area contributed by atoms with Gasteiger partial charge in [0.05, 0.1) is 0 Å². The normalized spacial score (nSPS) is 11.3. The molecular formula is C16H9ClN2O2. The average Bonchev–Trinajstić information content (AvgIpc) is 2.90. The minimum absolute atomic E-state index is 0.260. The molecule has 0 saturated heterocycles. The van der Waals surface area contributed by atoms with E-state index in [0.717, 1.165) is 10.9 Å². The van der Waals surface area contributed by atoms with Crippen LogP contribution in [-0.4, -0.2) is 10.2 Å². The number of nitrogens with zero attached hydrogens (tertiary/aromatic N) is 1. The van der Waals surface area contributed by atoms with Crippen molar-refractivity contribution >= 4 is 22.6 Å². The van der Waals surface area contributed by atoms with Gasteiger partial charge in [-0.25, -0.2) is 5.10 Å². The molecule has 2 aliphatic heterocycles. The molecule has 0 unspecified atom stereocenters. The highest BCUT2D eigenvalue weighted by atomic mass is 35.5. The Hall–Kier alpha value is -2.59. The minimum Gasteiger partial charge on any atom is -0.455 e. The number of para-hydroxylation sites is 1. The molecule has 0 aliphatic carbocycles. The number of aromatic nitrogens is 2. The molecule has 0 atom stereocenters. The lowest BCUT2D eigenvalue weighted by atomic mass is 10.0. The Morgan fingerprint density at radius 2 is 1.81 bits per heavy atom. The molecule has 0 radical (unpaired) electrons.